The SMILES string of the molecule is COc1cc2nccc(Nc3ccc(N)cc3)c2cc1F. The predicted octanol–water partition coefficient (Wildman–Crippen LogP) is 3.71. The first-order chi connectivity index (χ1) is 10.2. The van der Waals surface area contributed by atoms with Crippen molar-refractivity contribution in [3.8, 4) is 5.75 Å². The summed E-state index contributed by atoms with van der Waals surface area (Å²) in [6.45, 7) is 0. The summed E-state index contributed by atoms with van der Waals surface area (Å²) in [7, 11) is 1.43. The third kappa shape index (κ3) is 2.58. The number of hydrogen-bond acceptors (Lipinski definition) is 4. The Morgan fingerprint density at radius 3 is 2.62 bits per heavy atom. The molecule has 3 rings (SSSR count). The number of nitrogens with zero attached hydrogens (tertiary/aromatic N) is 1. The van der Waals surface area contributed by atoms with Crippen LogP contribution in [0.1, 0.15) is 0 Å². The van der Waals surface area contributed by atoms with Gasteiger partial charge >= 0.3 is 0 Å². The van der Waals surface area contributed by atoms with Gasteiger partial charge in [0.05, 0.1) is 12.6 Å². The lowest BCUT2D eigenvalue weighted by Crippen LogP contribution is -1.95. The molecule has 0 aliphatic heterocycles. The third-order valence-corrected chi connectivity index (χ3v) is 3.20. The number of hydrogen-bond donors (Lipinski definition) is 2. The van der Waals surface area contributed by atoms with Crippen LogP contribution >= 0.6 is 0 Å². The lowest BCUT2D eigenvalue weighted by atomic mass is 10.1. The van der Waals surface area contributed by atoms with Gasteiger partial charge in [0.1, 0.15) is 0 Å². The van der Waals surface area contributed by atoms with Crippen molar-refractivity contribution in [1.82, 2.24) is 4.98 Å². The van der Waals surface area contributed by atoms with E-state index >= 15 is 0 Å². The highest BCUT2D eigenvalue weighted by molar-refractivity contribution is 5.93. The van der Waals surface area contributed by atoms with E-state index in [1.807, 2.05) is 12.1 Å². The number of nitrogens with one attached hydrogen (secondary N) is 1. The van der Waals surface area contributed by atoms with Crippen LogP contribution in [0.25, 0.3) is 10.9 Å². The first-order valence-corrected chi connectivity index (χ1v) is 6.42. The molecule has 0 unspecified atom stereocenters. The number of aromatic nitrogens is 1. The Hall–Kier alpha value is -2.82. The monoisotopic (exact) mass is 283 g/mol. The Labute approximate surface area is 121 Å². The van der Waals surface area contributed by atoms with Gasteiger partial charge < -0.3 is 15.8 Å². The summed E-state index contributed by atoms with van der Waals surface area (Å²) >= 11 is 0. The Morgan fingerprint density at radius 1 is 1.14 bits per heavy atom. The summed E-state index contributed by atoms with van der Waals surface area (Å²) in [5, 5.41) is 3.92. The van der Waals surface area contributed by atoms with Gasteiger partial charge in [-0.2, -0.15) is 0 Å². The molecular formula is C16H14FN3O. The van der Waals surface area contributed by atoms with Crippen molar-refractivity contribution in [2.24, 2.45) is 0 Å². The zero-order chi connectivity index (χ0) is 14.8. The molecule has 2 aromatic carbocycles. The number of ether oxygens (including phenoxy) is 1. The molecule has 3 N–H and O–H groups in total. The fourth-order valence-corrected chi connectivity index (χ4v) is 2.13. The molecule has 0 amide bonds. The van der Waals surface area contributed by atoms with Crippen molar-refractivity contribution in [1.29, 1.82) is 0 Å². The molecule has 1 heterocycles. The topological polar surface area (TPSA) is 60.2 Å². The van der Waals surface area contributed by atoms with E-state index in [1.54, 1.807) is 30.5 Å². The Bertz CT molecular complexity index is 787. The number of benzene rings is 2. The second kappa shape index (κ2) is 5.28. The molecule has 1 aromatic heterocycles. The normalized spacial score (nSPS) is 10.6. The van der Waals surface area contributed by atoms with Gasteiger partial charge in [-0.3, -0.25) is 4.98 Å². The summed E-state index contributed by atoms with van der Waals surface area (Å²) in [5.74, 6) is -0.238. The molecule has 0 saturated carbocycles. The minimum Gasteiger partial charge on any atom is -0.494 e. The average molecular weight is 283 g/mol. The minimum atomic E-state index is -0.418. The largest absolute Gasteiger partial charge is 0.494 e. The van der Waals surface area contributed by atoms with Crippen molar-refractivity contribution in [3.05, 3.63) is 54.5 Å². The van der Waals surface area contributed by atoms with Crippen LogP contribution in [-0.2, 0) is 0 Å². The van der Waals surface area contributed by atoms with E-state index in [4.69, 9.17) is 10.5 Å². The molecular weight excluding hydrogens is 269 g/mol. The van der Waals surface area contributed by atoms with Gasteiger partial charge in [-0.15, -0.1) is 0 Å². The Balaban J connectivity index is 2.06. The van der Waals surface area contributed by atoms with Crippen LogP contribution in [0.2, 0.25) is 0 Å². The van der Waals surface area contributed by atoms with Gasteiger partial charge in [0, 0.05) is 34.7 Å². The summed E-state index contributed by atoms with van der Waals surface area (Å²) in [5.41, 5.74) is 8.65. The van der Waals surface area contributed by atoms with Crippen molar-refractivity contribution in [2.45, 2.75) is 0 Å². The van der Waals surface area contributed by atoms with Gasteiger partial charge in [-0.25, -0.2) is 4.39 Å². The third-order valence-electron chi connectivity index (χ3n) is 3.20. The molecule has 3 aromatic rings. The van der Waals surface area contributed by atoms with E-state index < -0.39 is 5.82 Å². The predicted molar refractivity (Wildman–Crippen MR) is 82.4 cm³/mol. The summed E-state index contributed by atoms with van der Waals surface area (Å²) in [4.78, 5) is 4.24. The lowest BCUT2D eigenvalue weighted by Gasteiger charge is -2.11. The molecule has 0 radical (unpaired) electrons. The maximum Gasteiger partial charge on any atom is 0.165 e. The number of rotatable bonds is 3. The molecule has 106 valence electrons. The Kier molecular flexibility index (Phi) is 3.31. The van der Waals surface area contributed by atoms with Crippen LogP contribution in [-0.4, -0.2) is 12.1 Å². The minimum absolute atomic E-state index is 0.180. The van der Waals surface area contributed by atoms with E-state index in [0.717, 1.165) is 11.4 Å². The van der Waals surface area contributed by atoms with Crippen LogP contribution in [0.3, 0.4) is 0 Å². The fourth-order valence-electron chi connectivity index (χ4n) is 2.13. The molecule has 0 bridgehead atoms. The molecule has 0 fully saturated rings. The van der Waals surface area contributed by atoms with Crippen molar-refractivity contribution in [3.63, 3.8) is 0 Å². The summed E-state index contributed by atoms with van der Waals surface area (Å²) in [6, 6.07) is 12.1. The number of anilines is 3. The number of fused-ring (bicyclic) bond motifs is 1. The molecule has 5 heteroatoms. The van der Waals surface area contributed by atoms with Crippen LogP contribution in [0.5, 0.6) is 5.75 Å². The number of methoxy groups -OCH3 is 1. The first kappa shape index (κ1) is 13.2. The van der Waals surface area contributed by atoms with Crippen LogP contribution in [0, 0.1) is 5.82 Å². The number of nitrogen functional groups attached to an aromatic ring is 1. The zero-order valence-electron chi connectivity index (χ0n) is 11.4. The molecule has 0 aliphatic rings. The molecule has 0 spiro atoms. The quantitative estimate of drug-likeness (QED) is 0.719. The van der Waals surface area contributed by atoms with Gasteiger partial charge in [-0.05, 0) is 36.4 Å². The number of pyridine rings is 1. The fraction of sp³-hybridized carbons (Fsp3) is 0.0625. The maximum atomic E-state index is 13.9. The van der Waals surface area contributed by atoms with Crippen LogP contribution < -0.4 is 15.8 Å². The smallest absolute Gasteiger partial charge is 0.165 e. The van der Waals surface area contributed by atoms with E-state index in [-0.39, 0.29) is 5.75 Å². The van der Waals surface area contributed by atoms with Gasteiger partial charge in [-0.1, -0.05) is 0 Å². The van der Waals surface area contributed by atoms with E-state index in [0.29, 0.717) is 16.6 Å². The summed E-state index contributed by atoms with van der Waals surface area (Å²) in [6.07, 6.45) is 1.67. The molecule has 0 atom stereocenters. The second-order valence-electron chi connectivity index (χ2n) is 4.61. The van der Waals surface area contributed by atoms with Crippen molar-refractivity contribution >= 4 is 28.0 Å². The van der Waals surface area contributed by atoms with Gasteiger partial charge in [0.25, 0.3) is 0 Å². The first-order valence-electron chi connectivity index (χ1n) is 6.42. The zero-order valence-corrected chi connectivity index (χ0v) is 11.4. The lowest BCUT2D eigenvalue weighted by molar-refractivity contribution is 0.387. The molecule has 0 saturated heterocycles. The molecule has 21 heavy (non-hydrogen) atoms. The number of nitrogens with two attached hydrogens (primary N) is 1. The van der Waals surface area contributed by atoms with Gasteiger partial charge in [0.2, 0.25) is 0 Å². The highest BCUT2D eigenvalue weighted by Gasteiger charge is 2.09. The molecule has 4 nitrogen and oxygen atoms in total. The average Bonchev–Trinajstić information content (AvgIpc) is 2.49. The van der Waals surface area contributed by atoms with Gasteiger partial charge in [0.15, 0.2) is 11.6 Å². The standard InChI is InChI=1S/C16H14FN3O/c1-21-16-9-15-12(8-13(16)17)14(6-7-19-15)20-11-4-2-10(18)3-5-11/h2-9H,18H2,1H3,(H,19,20). The van der Waals surface area contributed by atoms with Crippen molar-refractivity contribution in [2.75, 3.05) is 18.2 Å². The second-order valence-corrected chi connectivity index (χ2v) is 4.61. The number of halogens is 1. The van der Waals surface area contributed by atoms with Crippen LogP contribution in [0.15, 0.2) is 48.7 Å². The molecule has 0 aliphatic carbocycles. The highest BCUT2D eigenvalue weighted by atomic mass is 19.1. The van der Waals surface area contributed by atoms with Crippen LogP contribution in [0.4, 0.5) is 21.5 Å². The van der Waals surface area contributed by atoms with E-state index in [1.165, 1.54) is 13.2 Å². The van der Waals surface area contributed by atoms with Crippen molar-refractivity contribution < 1.29 is 9.13 Å². The van der Waals surface area contributed by atoms with E-state index in [2.05, 4.69) is 10.3 Å². The maximum absolute atomic E-state index is 13.9. The van der Waals surface area contributed by atoms with E-state index in [9.17, 15) is 4.39 Å². The Morgan fingerprint density at radius 2 is 1.90 bits per heavy atom. The highest BCUT2D eigenvalue weighted by Crippen LogP contribution is 2.30. The summed E-state index contributed by atoms with van der Waals surface area (Å²) < 4.78 is 18.9.